The molecule has 0 unspecified atom stereocenters. The number of benzene rings is 3. The summed E-state index contributed by atoms with van der Waals surface area (Å²) in [5, 5.41) is 2.64. The summed E-state index contributed by atoms with van der Waals surface area (Å²) in [7, 11) is -3.78. The van der Waals surface area contributed by atoms with Crippen LogP contribution in [-0.4, -0.2) is 14.3 Å². The standard InChI is InChI=1S/C21H19FN2O3S/c1-14-6-10-19(11-7-14)28(26,27)24-18-5-3-4-16(12-18)21(25)23-20-13-17(22)9-8-15(20)2/h3-13,24H,1-2H3,(H,23,25). The summed E-state index contributed by atoms with van der Waals surface area (Å²) >= 11 is 0. The number of anilines is 2. The van der Waals surface area contributed by atoms with Gasteiger partial charge in [0.2, 0.25) is 0 Å². The highest BCUT2D eigenvalue weighted by molar-refractivity contribution is 7.92. The highest BCUT2D eigenvalue weighted by Gasteiger charge is 2.15. The Morgan fingerprint density at radius 2 is 1.64 bits per heavy atom. The lowest BCUT2D eigenvalue weighted by molar-refractivity contribution is 0.102. The van der Waals surface area contributed by atoms with Crippen molar-refractivity contribution < 1.29 is 17.6 Å². The Morgan fingerprint density at radius 1 is 0.929 bits per heavy atom. The molecule has 0 heterocycles. The minimum Gasteiger partial charge on any atom is -0.322 e. The van der Waals surface area contributed by atoms with E-state index in [1.165, 1.54) is 30.3 Å². The van der Waals surface area contributed by atoms with Crippen molar-refractivity contribution in [2.75, 3.05) is 10.0 Å². The van der Waals surface area contributed by atoms with Crippen LogP contribution in [0.1, 0.15) is 21.5 Å². The van der Waals surface area contributed by atoms with Crippen molar-refractivity contribution in [2.24, 2.45) is 0 Å². The SMILES string of the molecule is Cc1ccc(S(=O)(=O)Nc2cccc(C(=O)Nc3cc(F)ccc3C)c2)cc1. The van der Waals surface area contributed by atoms with Gasteiger partial charge in [-0.05, 0) is 61.9 Å². The number of halogens is 1. The molecule has 0 atom stereocenters. The van der Waals surface area contributed by atoms with Crippen LogP contribution in [0.5, 0.6) is 0 Å². The number of rotatable bonds is 5. The molecule has 0 aromatic heterocycles. The van der Waals surface area contributed by atoms with E-state index in [1.54, 1.807) is 43.3 Å². The maximum Gasteiger partial charge on any atom is 0.261 e. The zero-order valence-corrected chi connectivity index (χ0v) is 16.2. The summed E-state index contributed by atoms with van der Waals surface area (Å²) in [5.74, 6) is -0.925. The van der Waals surface area contributed by atoms with Crippen molar-refractivity contribution in [1.29, 1.82) is 0 Å². The van der Waals surface area contributed by atoms with Gasteiger partial charge in [-0.3, -0.25) is 9.52 Å². The molecule has 7 heteroatoms. The summed E-state index contributed by atoms with van der Waals surface area (Å²) in [5.41, 5.74) is 2.52. The Bertz CT molecular complexity index is 1130. The fourth-order valence-electron chi connectivity index (χ4n) is 2.58. The number of hydrogen-bond donors (Lipinski definition) is 2. The molecule has 0 aliphatic carbocycles. The van der Waals surface area contributed by atoms with Crippen LogP contribution in [0.2, 0.25) is 0 Å². The first kappa shape index (κ1) is 19.6. The van der Waals surface area contributed by atoms with E-state index in [0.29, 0.717) is 11.3 Å². The normalized spacial score (nSPS) is 11.1. The van der Waals surface area contributed by atoms with Crippen LogP contribution in [0, 0.1) is 19.7 Å². The van der Waals surface area contributed by atoms with E-state index in [2.05, 4.69) is 10.0 Å². The van der Waals surface area contributed by atoms with E-state index in [4.69, 9.17) is 0 Å². The molecule has 0 bridgehead atoms. The first-order valence-corrected chi connectivity index (χ1v) is 10.00. The van der Waals surface area contributed by atoms with Gasteiger partial charge in [0, 0.05) is 16.9 Å². The maximum absolute atomic E-state index is 13.4. The molecule has 0 saturated carbocycles. The summed E-state index contributed by atoms with van der Waals surface area (Å²) in [6.07, 6.45) is 0. The summed E-state index contributed by atoms with van der Waals surface area (Å²) < 4.78 is 40.9. The molecule has 0 spiro atoms. The molecule has 0 aliphatic heterocycles. The van der Waals surface area contributed by atoms with Crippen molar-refractivity contribution in [2.45, 2.75) is 18.7 Å². The quantitative estimate of drug-likeness (QED) is 0.665. The highest BCUT2D eigenvalue weighted by atomic mass is 32.2. The number of amides is 1. The van der Waals surface area contributed by atoms with E-state index >= 15 is 0 Å². The van der Waals surface area contributed by atoms with Crippen molar-refractivity contribution >= 4 is 27.3 Å². The van der Waals surface area contributed by atoms with Crippen LogP contribution < -0.4 is 10.0 Å². The Balaban J connectivity index is 1.81. The topological polar surface area (TPSA) is 75.3 Å². The third-order valence-electron chi connectivity index (χ3n) is 4.16. The first-order valence-electron chi connectivity index (χ1n) is 8.52. The zero-order chi connectivity index (χ0) is 20.3. The molecule has 5 nitrogen and oxygen atoms in total. The molecule has 3 rings (SSSR count). The van der Waals surface area contributed by atoms with Gasteiger partial charge >= 0.3 is 0 Å². The van der Waals surface area contributed by atoms with Crippen molar-refractivity contribution in [3.63, 3.8) is 0 Å². The van der Waals surface area contributed by atoms with Crippen molar-refractivity contribution in [3.05, 3.63) is 89.2 Å². The average Bonchev–Trinajstić information content (AvgIpc) is 2.65. The fourth-order valence-corrected chi connectivity index (χ4v) is 3.63. The predicted molar refractivity (Wildman–Crippen MR) is 108 cm³/mol. The van der Waals surface area contributed by atoms with E-state index in [1.807, 2.05) is 6.92 Å². The molecular weight excluding hydrogens is 379 g/mol. The lowest BCUT2D eigenvalue weighted by Crippen LogP contribution is -2.15. The van der Waals surface area contributed by atoms with Crippen molar-refractivity contribution in [1.82, 2.24) is 0 Å². The van der Waals surface area contributed by atoms with Gasteiger partial charge in [0.25, 0.3) is 15.9 Å². The molecular formula is C21H19FN2O3S. The van der Waals surface area contributed by atoms with Crippen molar-refractivity contribution in [3.8, 4) is 0 Å². The number of carbonyl (C=O) groups excluding carboxylic acids is 1. The first-order chi connectivity index (χ1) is 13.2. The third kappa shape index (κ3) is 4.55. The van der Waals surface area contributed by atoms with E-state index in [9.17, 15) is 17.6 Å². The number of sulfonamides is 1. The van der Waals surface area contributed by atoms with E-state index < -0.39 is 21.7 Å². The van der Waals surface area contributed by atoms with Gasteiger partial charge in [-0.1, -0.05) is 29.8 Å². The minimum absolute atomic E-state index is 0.128. The average molecular weight is 398 g/mol. The zero-order valence-electron chi connectivity index (χ0n) is 15.4. The molecule has 144 valence electrons. The van der Waals surface area contributed by atoms with Crippen LogP contribution >= 0.6 is 0 Å². The molecule has 28 heavy (non-hydrogen) atoms. The molecule has 2 N–H and O–H groups in total. The van der Waals surface area contributed by atoms with E-state index in [0.717, 1.165) is 5.56 Å². The van der Waals surface area contributed by atoms with Crippen LogP contribution in [0.4, 0.5) is 15.8 Å². The van der Waals surface area contributed by atoms with Crippen LogP contribution in [0.3, 0.4) is 0 Å². The summed E-state index contributed by atoms with van der Waals surface area (Å²) in [4.78, 5) is 12.6. The highest BCUT2D eigenvalue weighted by Crippen LogP contribution is 2.20. The number of aryl methyl sites for hydroxylation is 2. The lowest BCUT2D eigenvalue weighted by Gasteiger charge is -2.11. The molecule has 0 radical (unpaired) electrons. The van der Waals surface area contributed by atoms with Gasteiger partial charge in [-0.2, -0.15) is 0 Å². The number of carbonyl (C=O) groups is 1. The Morgan fingerprint density at radius 3 is 2.36 bits per heavy atom. The molecule has 0 fully saturated rings. The fraction of sp³-hybridized carbons (Fsp3) is 0.0952. The van der Waals surface area contributed by atoms with Gasteiger partial charge in [0.05, 0.1) is 4.90 Å². The summed E-state index contributed by atoms with van der Waals surface area (Å²) in [6.45, 7) is 3.62. The van der Waals surface area contributed by atoms with Crippen LogP contribution in [0.25, 0.3) is 0 Å². The Hall–Kier alpha value is -3.19. The largest absolute Gasteiger partial charge is 0.322 e. The minimum atomic E-state index is -3.78. The molecule has 3 aromatic rings. The number of nitrogens with one attached hydrogen (secondary N) is 2. The lowest BCUT2D eigenvalue weighted by atomic mass is 10.1. The second-order valence-electron chi connectivity index (χ2n) is 6.41. The summed E-state index contributed by atoms with van der Waals surface area (Å²) in [6, 6.07) is 16.7. The molecule has 0 aliphatic rings. The van der Waals surface area contributed by atoms with Gasteiger partial charge < -0.3 is 5.32 Å². The maximum atomic E-state index is 13.4. The second-order valence-corrected chi connectivity index (χ2v) is 8.10. The van der Waals surface area contributed by atoms with Gasteiger partial charge in [-0.25, -0.2) is 12.8 Å². The molecule has 0 saturated heterocycles. The molecule has 1 amide bonds. The second kappa shape index (κ2) is 7.82. The van der Waals surface area contributed by atoms with Crippen LogP contribution in [-0.2, 0) is 10.0 Å². The monoisotopic (exact) mass is 398 g/mol. The van der Waals surface area contributed by atoms with E-state index in [-0.39, 0.29) is 16.1 Å². The van der Waals surface area contributed by atoms with Gasteiger partial charge in [-0.15, -0.1) is 0 Å². The smallest absolute Gasteiger partial charge is 0.261 e. The Labute approximate surface area is 163 Å². The Kier molecular flexibility index (Phi) is 5.46. The number of hydrogen-bond acceptors (Lipinski definition) is 3. The van der Waals surface area contributed by atoms with Gasteiger partial charge in [0.1, 0.15) is 5.82 Å². The predicted octanol–water partition coefficient (Wildman–Crippen LogP) is 4.50. The third-order valence-corrected chi connectivity index (χ3v) is 5.55. The van der Waals surface area contributed by atoms with Crippen LogP contribution in [0.15, 0.2) is 71.6 Å². The van der Waals surface area contributed by atoms with Gasteiger partial charge in [0.15, 0.2) is 0 Å². The molecule has 3 aromatic carbocycles.